The van der Waals surface area contributed by atoms with E-state index in [-0.39, 0.29) is 5.54 Å². The first-order chi connectivity index (χ1) is 7.29. The molecule has 1 aromatic carbocycles. The van der Waals surface area contributed by atoms with Crippen molar-refractivity contribution < 1.29 is 0 Å². The summed E-state index contributed by atoms with van der Waals surface area (Å²) in [6.07, 6.45) is 0. The first-order valence-corrected chi connectivity index (χ1v) is 5.45. The Morgan fingerprint density at radius 1 is 1.19 bits per heavy atom. The zero-order chi connectivity index (χ0) is 12.3. The normalized spacial score (nSPS) is 12.7. The van der Waals surface area contributed by atoms with Crippen LogP contribution in [0.4, 0.5) is 5.69 Å². The number of nitrogens with zero attached hydrogens (tertiary/aromatic N) is 2. The maximum atomic E-state index is 5.95. The minimum absolute atomic E-state index is 0.150. The number of benzene rings is 1. The molecule has 0 bridgehead atoms. The van der Waals surface area contributed by atoms with Crippen molar-refractivity contribution in [3.8, 4) is 0 Å². The lowest BCUT2D eigenvalue weighted by Gasteiger charge is -2.22. The van der Waals surface area contributed by atoms with Crippen molar-refractivity contribution in [1.82, 2.24) is 0 Å². The number of hydrogen-bond acceptors (Lipinski definition) is 1. The van der Waals surface area contributed by atoms with E-state index in [9.17, 15) is 0 Å². The molecule has 0 atom stereocenters. The molecule has 0 fully saturated rings. The second-order valence-corrected chi connectivity index (χ2v) is 5.04. The van der Waals surface area contributed by atoms with Crippen molar-refractivity contribution in [3.05, 3.63) is 29.8 Å². The van der Waals surface area contributed by atoms with Crippen LogP contribution in [-0.2, 0) is 0 Å². The Morgan fingerprint density at radius 2 is 1.69 bits per heavy atom. The Labute approximate surface area is 98.0 Å². The fourth-order valence-corrected chi connectivity index (χ4v) is 1.32. The van der Waals surface area contributed by atoms with Gasteiger partial charge in [0.15, 0.2) is 5.96 Å². The Bertz CT molecular complexity index is 371. The van der Waals surface area contributed by atoms with E-state index < -0.39 is 0 Å². The Kier molecular flexibility index (Phi) is 3.58. The third kappa shape index (κ3) is 3.57. The van der Waals surface area contributed by atoms with Crippen molar-refractivity contribution in [2.45, 2.75) is 33.2 Å². The van der Waals surface area contributed by atoms with Gasteiger partial charge in [0.2, 0.25) is 0 Å². The van der Waals surface area contributed by atoms with Crippen molar-refractivity contribution in [1.29, 1.82) is 0 Å². The molecule has 1 aromatic rings. The average molecular weight is 219 g/mol. The molecule has 0 unspecified atom stereocenters. The fraction of sp³-hybridized carbons (Fsp3) is 0.462. The lowest BCUT2D eigenvalue weighted by Crippen LogP contribution is -2.36. The number of aliphatic imine (C=N–C) groups is 1. The molecule has 3 nitrogen and oxygen atoms in total. The minimum atomic E-state index is -0.150. The molecule has 88 valence electrons. The van der Waals surface area contributed by atoms with Gasteiger partial charge in [0.05, 0.1) is 5.54 Å². The molecule has 3 heteroatoms. The molecule has 0 saturated heterocycles. The van der Waals surface area contributed by atoms with Gasteiger partial charge in [-0.25, -0.2) is 4.99 Å². The third-order valence-electron chi connectivity index (χ3n) is 2.21. The van der Waals surface area contributed by atoms with Gasteiger partial charge in [-0.15, -0.1) is 0 Å². The monoisotopic (exact) mass is 219 g/mol. The SMILES string of the molecule is Cc1ccc(N(C)C(N)=NC(C)(C)C)cc1. The second kappa shape index (κ2) is 4.56. The molecule has 0 amide bonds. The molecule has 0 saturated carbocycles. The van der Waals surface area contributed by atoms with Gasteiger partial charge >= 0.3 is 0 Å². The van der Waals surface area contributed by atoms with Crippen LogP contribution in [0.15, 0.2) is 29.3 Å². The minimum Gasteiger partial charge on any atom is -0.370 e. The summed E-state index contributed by atoms with van der Waals surface area (Å²) < 4.78 is 0. The lowest BCUT2D eigenvalue weighted by atomic mass is 10.1. The Hall–Kier alpha value is -1.51. The van der Waals surface area contributed by atoms with E-state index in [1.165, 1.54) is 5.56 Å². The Balaban J connectivity index is 2.90. The molecular weight excluding hydrogens is 198 g/mol. The van der Waals surface area contributed by atoms with Gasteiger partial charge in [-0.1, -0.05) is 17.7 Å². The molecule has 0 aliphatic heterocycles. The van der Waals surface area contributed by atoms with Crippen molar-refractivity contribution in [3.63, 3.8) is 0 Å². The van der Waals surface area contributed by atoms with Crippen LogP contribution in [-0.4, -0.2) is 18.5 Å². The molecule has 16 heavy (non-hydrogen) atoms. The molecule has 2 N–H and O–H groups in total. The van der Waals surface area contributed by atoms with E-state index in [0.717, 1.165) is 5.69 Å². The van der Waals surface area contributed by atoms with Gasteiger partial charge in [0.25, 0.3) is 0 Å². The molecule has 0 aliphatic carbocycles. The summed E-state index contributed by atoms with van der Waals surface area (Å²) in [4.78, 5) is 6.32. The highest BCUT2D eigenvalue weighted by atomic mass is 15.2. The third-order valence-corrected chi connectivity index (χ3v) is 2.21. The molecule has 0 aliphatic rings. The summed E-state index contributed by atoms with van der Waals surface area (Å²) in [6, 6.07) is 8.22. The number of hydrogen-bond donors (Lipinski definition) is 1. The maximum absolute atomic E-state index is 5.95. The van der Waals surface area contributed by atoms with Crippen LogP contribution in [0.2, 0.25) is 0 Å². The van der Waals surface area contributed by atoms with Crippen LogP contribution in [0.5, 0.6) is 0 Å². The van der Waals surface area contributed by atoms with Crippen LogP contribution in [0, 0.1) is 6.92 Å². The van der Waals surface area contributed by atoms with E-state index >= 15 is 0 Å². The van der Waals surface area contributed by atoms with Crippen LogP contribution in [0.25, 0.3) is 0 Å². The van der Waals surface area contributed by atoms with Gasteiger partial charge in [-0.05, 0) is 39.8 Å². The number of aryl methyl sites for hydroxylation is 1. The van der Waals surface area contributed by atoms with Crippen molar-refractivity contribution >= 4 is 11.6 Å². The summed E-state index contributed by atoms with van der Waals surface area (Å²) in [5, 5.41) is 0. The average Bonchev–Trinajstić information content (AvgIpc) is 2.15. The lowest BCUT2D eigenvalue weighted by molar-refractivity contribution is 0.581. The highest BCUT2D eigenvalue weighted by Crippen LogP contribution is 2.14. The smallest absolute Gasteiger partial charge is 0.196 e. The van der Waals surface area contributed by atoms with Gasteiger partial charge in [-0.2, -0.15) is 0 Å². The van der Waals surface area contributed by atoms with E-state index in [2.05, 4.69) is 24.0 Å². The molecule has 1 rings (SSSR count). The standard InChI is InChI=1S/C13H21N3/c1-10-6-8-11(9-7-10)16(5)12(14)15-13(2,3)4/h6-9H,1-5H3,(H2,14,15). The van der Waals surface area contributed by atoms with Gasteiger partial charge in [0.1, 0.15) is 0 Å². The highest BCUT2D eigenvalue weighted by molar-refractivity contribution is 5.94. The molecule has 0 heterocycles. The van der Waals surface area contributed by atoms with E-state index in [4.69, 9.17) is 5.73 Å². The summed E-state index contributed by atoms with van der Waals surface area (Å²) in [7, 11) is 1.93. The van der Waals surface area contributed by atoms with Gasteiger partial charge in [0, 0.05) is 12.7 Å². The summed E-state index contributed by atoms with van der Waals surface area (Å²) >= 11 is 0. The zero-order valence-electron chi connectivity index (χ0n) is 10.8. The fourth-order valence-electron chi connectivity index (χ4n) is 1.32. The van der Waals surface area contributed by atoms with Gasteiger partial charge < -0.3 is 10.6 Å². The van der Waals surface area contributed by atoms with Crippen LogP contribution in [0.3, 0.4) is 0 Å². The van der Waals surface area contributed by atoms with E-state index in [1.807, 2.05) is 44.9 Å². The predicted octanol–water partition coefficient (Wildman–Crippen LogP) is 2.54. The molecule has 0 spiro atoms. The van der Waals surface area contributed by atoms with Crippen LogP contribution in [0.1, 0.15) is 26.3 Å². The number of nitrogens with two attached hydrogens (primary N) is 1. The largest absolute Gasteiger partial charge is 0.370 e. The second-order valence-electron chi connectivity index (χ2n) is 5.04. The van der Waals surface area contributed by atoms with Gasteiger partial charge in [-0.3, -0.25) is 0 Å². The first-order valence-electron chi connectivity index (χ1n) is 5.45. The summed E-state index contributed by atoms with van der Waals surface area (Å²) in [5.74, 6) is 0.538. The van der Waals surface area contributed by atoms with Crippen LogP contribution < -0.4 is 10.6 Å². The number of rotatable bonds is 1. The predicted molar refractivity (Wildman–Crippen MR) is 71.0 cm³/mol. The quantitative estimate of drug-likeness (QED) is 0.582. The van der Waals surface area contributed by atoms with Crippen molar-refractivity contribution in [2.24, 2.45) is 10.7 Å². The topological polar surface area (TPSA) is 41.6 Å². The molecule has 0 radical (unpaired) electrons. The molecular formula is C13H21N3. The first kappa shape index (κ1) is 12.6. The Morgan fingerprint density at radius 3 is 2.12 bits per heavy atom. The maximum Gasteiger partial charge on any atom is 0.196 e. The highest BCUT2D eigenvalue weighted by Gasteiger charge is 2.11. The van der Waals surface area contributed by atoms with E-state index in [0.29, 0.717) is 5.96 Å². The zero-order valence-corrected chi connectivity index (χ0v) is 10.8. The van der Waals surface area contributed by atoms with E-state index in [1.54, 1.807) is 0 Å². The number of guanidine groups is 1. The van der Waals surface area contributed by atoms with Crippen LogP contribution >= 0.6 is 0 Å². The summed E-state index contributed by atoms with van der Waals surface area (Å²) in [5.41, 5.74) is 8.09. The number of anilines is 1. The van der Waals surface area contributed by atoms with Crippen molar-refractivity contribution in [2.75, 3.05) is 11.9 Å². The molecule has 0 aromatic heterocycles. The summed E-state index contributed by atoms with van der Waals surface area (Å²) in [6.45, 7) is 8.16.